The highest BCUT2D eigenvalue weighted by molar-refractivity contribution is 9.09. The largest absolute Gasteiger partial charge is 0.503 e. The number of alkyl halides is 1. The number of rotatable bonds is 2. The van der Waals surface area contributed by atoms with Crippen molar-refractivity contribution in [3.8, 4) is 5.75 Å². The van der Waals surface area contributed by atoms with E-state index < -0.39 is 34.7 Å². The van der Waals surface area contributed by atoms with Gasteiger partial charge in [-0.3, -0.25) is 4.79 Å². The van der Waals surface area contributed by atoms with Gasteiger partial charge in [0.25, 0.3) is 5.91 Å². The lowest BCUT2D eigenvalue weighted by molar-refractivity contribution is 0.0685. The van der Waals surface area contributed by atoms with Crippen molar-refractivity contribution in [2.75, 3.05) is 13.1 Å². The van der Waals surface area contributed by atoms with E-state index in [9.17, 15) is 18.0 Å². The number of amides is 1. The monoisotopic (exact) mass is 365 g/mol. The molecule has 1 atom stereocenters. The number of benzene rings is 1. The Balaban J connectivity index is 2.19. The molecule has 0 spiro atoms. The SMILES string of the molecule is CC(Br)C1CCN(C(=O)c2cc(F)c(F)c(O)c2F)CC1. The minimum Gasteiger partial charge on any atom is -0.503 e. The number of phenols is 1. The summed E-state index contributed by atoms with van der Waals surface area (Å²) < 4.78 is 40.0. The van der Waals surface area contributed by atoms with E-state index in [1.54, 1.807) is 0 Å². The van der Waals surface area contributed by atoms with Crippen LogP contribution < -0.4 is 0 Å². The van der Waals surface area contributed by atoms with Gasteiger partial charge in [0.15, 0.2) is 17.4 Å². The molecule has 1 N–H and O–H groups in total. The Kier molecular flexibility index (Phi) is 4.81. The standard InChI is InChI=1S/C14H15BrF3NO2/c1-7(15)8-2-4-19(5-3-8)14(21)9-6-10(16)12(18)13(20)11(9)17/h6-8,20H,2-5H2,1H3. The van der Waals surface area contributed by atoms with Gasteiger partial charge in [0, 0.05) is 17.9 Å². The van der Waals surface area contributed by atoms with Crippen molar-refractivity contribution in [1.82, 2.24) is 4.90 Å². The molecule has 1 fully saturated rings. The lowest BCUT2D eigenvalue weighted by atomic mass is 9.94. The first kappa shape index (κ1) is 16.1. The van der Waals surface area contributed by atoms with Gasteiger partial charge in [-0.15, -0.1) is 0 Å². The number of carbonyl (C=O) groups is 1. The number of nitrogens with zero attached hydrogens (tertiary/aromatic N) is 1. The Bertz CT molecular complexity index is 558. The van der Waals surface area contributed by atoms with Crippen molar-refractivity contribution in [2.45, 2.75) is 24.6 Å². The zero-order valence-corrected chi connectivity index (χ0v) is 13.0. The van der Waals surface area contributed by atoms with E-state index in [1.165, 1.54) is 4.90 Å². The molecule has 0 saturated carbocycles. The maximum Gasteiger partial charge on any atom is 0.257 e. The van der Waals surface area contributed by atoms with E-state index >= 15 is 0 Å². The van der Waals surface area contributed by atoms with Crippen molar-refractivity contribution < 1.29 is 23.1 Å². The number of hydrogen-bond donors (Lipinski definition) is 1. The predicted molar refractivity (Wildman–Crippen MR) is 75.0 cm³/mol. The van der Waals surface area contributed by atoms with Gasteiger partial charge in [0.1, 0.15) is 0 Å². The van der Waals surface area contributed by atoms with Crippen LogP contribution in [0.5, 0.6) is 5.75 Å². The molecule has 7 heteroatoms. The number of carbonyl (C=O) groups excluding carboxylic acids is 1. The number of phenolic OH excluding ortho intramolecular Hbond substituents is 1. The van der Waals surface area contributed by atoms with Crippen LogP contribution in [0.4, 0.5) is 13.2 Å². The molecule has 1 aliphatic heterocycles. The van der Waals surface area contributed by atoms with Gasteiger partial charge < -0.3 is 10.0 Å². The number of halogens is 4. The van der Waals surface area contributed by atoms with Crippen LogP contribution in [0.1, 0.15) is 30.1 Å². The van der Waals surface area contributed by atoms with Gasteiger partial charge in [-0.1, -0.05) is 22.9 Å². The van der Waals surface area contributed by atoms with E-state index in [2.05, 4.69) is 15.9 Å². The number of likely N-dealkylation sites (tertiary alicyclic amines) is 1. The Morgan fingerprint density at radius 2 is 1.90 bits per heavy atom. The average Bonchev–Trinajstić information content (AvgIpc) is 2.48. The first-order valence-electron chi connectivity index (χ1n) is 6.62. The zero-order chi connectivity index (χ0) is 15.7. The summed E-state index contributed by atoms with van der Waals surface area (Å²) in [5.41, 5.74) is -0.642. The van der Waals surface area contributed by atoms with Crippen LogP contribution in [-0.4, -0.2) is 33.8 Å². The molecule has 1 heterocycles. The minimum atomic E-state index is -1.68. The third-order valence-corrected chi connectivity index (χ3v) is 4.59. The molecule has 0 aromatic heterocycles. The van der Waals surface area contributed by atoms with Gasteiger partial charge in [-0.2, -0.15) is 4.39 Å². The van der Waals surface area contributed by atoms with Crippen molar-refractivity contribution in [2.24, 2.45) is 5.92 Å². The molecule has 0 bridgehead atoms. The summed E-state index contributed by atoms with van der Waals surface area (Å²) in [6, 6.07) is 0.492. The second kappa shape index (κ2) is 6.25. The van der Waals surface area contributed by atoms with E-state index in [0.29, 0.717) is 29.9 Å². The quantitative estimate of drug-likeness (QED) is 0.644. The lowest BCUT2D eigenvalue weighted by Gasteiger charge is -2.33. The van der Waals surface area contributed by atoms with E-state index in [4.69, 9.17) is 5.11 Å². The fraction of sp³-hybridized carbons (Fsp3) is 0.500. The molecule has 116 valence electrons. The van der Waals surface area contributed by atoms with Gasteiger partial charge in [0.2, 0.25) is 5.82 Å². The average molecular weight is 366 g/mol. The highest BCUT2D eigenvalue weighted by Crippen LogP contribution is 2.29. The van der Waals surface area contributed by atoms with Crippen molar-refractivity contribution in [1.29, 1.82) is 0 Å². The summed E-state index contributed by atoms with van der Waals surface area (Å²) in [5.74, 6) is -6.33. The van der Waals surface area contributed by atoms with E-state index in [0.717, 1.165) is 12.8 Å². The van der Waals surface area contributed by atoms with Crippen LogP contribution in [0.2, 0.25) is 0 Å². The number of piperidine rings is 1. The topological polar surface area (TPSA) is 40.5 Å². The van der Waals surface area contributed by atoms with Crippen LogP contribution in [0.25, 0.3) is 0 Å². The van der Waals surface area contributed by atoms with Gasteiger partial charge in [-0.05, 0) is 24.8 Å². The summed E-state index contributed by atoms with van der Waals surface area (Å²) in [7, 11) is 0. The Morgan fingerprint density at radius 3 is 2.43 bits per heavy atom. The van der Waals surface area contributed by atoms with Crippen LogP contribution >= 0.6 is 15.9 Å². The summed E-state index contributed by atoms with van der Waals surface area (Å²) in [6.07, 6.45) is 1.49. The molecule has 1 saturated heterocycles. The molecule has 3 nitrogen and oxygen atoms in total. The maximum absolute atomic E-state index is 13.7. The third-order valence-electron chi connectivity index (χ3n) is 3.84. The summed E-state index contributed by atoms with van der Waals surface area (Å²) in [4.78, 5) is 13.9. The van der Waals surface area contributed by atoms with Crippen LogP contribution in [0.3, 0.4) is 0 Å². The Morgan fingerprint density at radius 1 is 1.33 bits per heavy atom. The summed E-state index contributed by atoms with van der Waals surface area (Å²) in [6.45, 7) is 2.85. The summed E-state index contributed by atoms with van der Waals surface area (Å²) in [5, 5.41) is 9.16. The summed E-state index contributed by atoms with van der Waals surface area (Å²) >= 11 is 3.49. The molecule has 1 aliphatic rings. The van der Waals surface area contributed by atoms with Crippen molar-refractivity contribution in [3.05, 3.63) is 29.1 Å². The normalized spacial score (nSPS) is 17.9. The Labute approximate surface area is 128 Å². The lowest BCUT2D eigenvalue weighted by Crippen LogP contribution is -2.40. The first-order chi connectivity index (χ1) is 9.82. The smallest absolute Gasteiger partial charge is 0.257 e. The molecule has 1 unspecified atom stereocenters. The molecule has 1 aromatic rings. The highest BCUT2D eigenvalue weighted by atomic mass is 79.9. The first-order valence-corrected chi connectivity index (χ1v) is 7.54. The number of aromatic hydroxyl groups is 1. The Hall–Kier alpha value is -1.24. The molecular weight excluding hydrogens is 351 g/mol. The predicted octanol–water partition coefficient (Wildman–Crippen LogP) is 3.45. The molecule has 0 aliphatic carbocycles. The van der Waals surface area contributed by atoms with Crippen LogP contribution in [0.15, 0.2) is 6.07 Å². The zero-order valence-electron chi connectivity index (χ0n) is 11.4. The fourth-order valence-corrected chi connectivity index (χ4v) is 3.01. The third kappa shape index (κ3) is 3.17. The number of hydrogen-bond acceptors (Lipinski definition) is 2. The van der Waals surface area contributed by atoms with Crippen molar-refractivity contribution in [3.63, 3.8) is 0 Å². The molecule has 1 aromatic carbocycles. The van der Waals surface area contributed by atoms with Crippen LogP contribution in [-0.2, 0) is 0 Å². The molecule has 1 amide bonds. The minimum absolute atomic E-state index is 0.318. The van der Waals surface area contributed by atoms with Gasteiger partial charge in [-0.25, -0.2) is 8.78 Å². The van der Waals surface area contributed by atoms with Crippen molar-refractivity contribution >= 4 is 21.8 Å². The van der Waals surface area contributed by atoms with E-state index in [-0.39, 0.29) is 0 Å². The van der Waals surface area contributed by atoms with Crippen LogP contribution in [0, 0.1) is 23.4 Å². The second-order valence-electron chi connectivity index (χ2n) is 5.19. The highest BCUT2D eigenvalue weighted by Gasteiger charge is 2.29. The van der Waals surface area contributed by atoms with E-state index in [1.807, 2.05) is 6.92 Å². The fourth-order valence-electron chi connectivity index (χ4n) is 2.48. The van der Waals surface area contributed by atoms with Gasteiger partial charge >= 0.3 is 0 Å². The molecule has 0 radical (unpaired) electrons. The molecule has 2 rings (SSSR count). The maximum atomic E-state index is 13.7. The molecule has 21 heavy (non-hydrogen) atoms. The molecular formula is C14H15BrF3NO2. The van der Waals surface area contributed by atoms with Gasteiger partial charge in [0.05, 0.1) is 5.56 Å². The second-order valence-corrected chi connectivity index (χ2v) is 6.63.